The number of hydrogen-bond acceptors (Lipinski definition) is 2. The third kappa shape index (κ3) is 6.02. The van der Waals surface area contributed by atoms with Crippen molar-refractivity contribution in [3.8, 4) is 0 Å². The molecule has 0 unspecified atom stereocenters. The average Bonchev–Trinajstić information content (AvgIpc) is 2.31. The van der Waals surface area contributed by atoms with Crippen LogP contribution < -0.4 is 5.73 Å². The first-order valence-corrected chi connectivity index (χ1v) is 7.74. The molecule has 0 saturated carbocycles. The zero-order valence-corrected chi connectivity index (χ0v) is 14.4. The van der Waals surface area contributed by atoms with Gasteiger partial charge in [0.15, 0.2) is 0 Å². The summed E-state index contributed by atoms with van der Waals surface area (Å²) in [6, 6.07) is 8.47. The van der Waals surface area contributed by atoms with Crippen LogP contribution in [0.3, 0.4) is 0 Å². The van der Waals surface area contributed by atoms with Crippen LogP contribution in [0.5, 0.6) is 0 Å². The maximum absolute atomic E-state index is 5.74. The molecule has 4 heteroatoms. The van der Waals surface area contributed by atoms with Crippen molar-refractivity contribution in [3.63, 3.8) is 0 Å². The molecule has 0 bridgehead atoms. The molecule has 0 heterocycles. The normalized spacial score (nSPS) is 11.8. The highest BCUT2D eigenvalue weighted by molar-refractivity contribution is 9.10. The molecule has 2 N–H and O–H groups in total. The van der Waals surface area contributed by atoms with Gasteiger partial charge in [-0.3, -0.25) is 0 Å². The van der Waals surface area contributed by atoms with Gasteiger partial charge in [-0.1, -0.05) is 54.1 Å². The van der Waals surface area contributed by atoms with Gasteiger partial charge in [0.25, 0.3) is 0 Å². The molecule has 0 fully saturated rings. The van der Waals surface area contributed by atoms with Gasteiger partial charge in [0.2, 0.25) is 0 Å². The summed E-state index contributed by atoms with van der Waals surface area (Å²) in [5.74, 6) is 0. The standard InChI is InChI=1S/C15H23BrN2S/c1-15(2,14(17)19)9-4-10-18(3)11-12-5-7-13(16)8-6-12/h5-8H,4,9-11H2,1-3H3,(H2,17,19). The minimum absolute atomic E-state index is 0.0339. The fourth-order valence-corrected chi connectivity index (χ4v) is 2.26. The summed E-state index contributed by atoms with van der Waals surface area (Å²) in [5, 5.41) is 0. The largest absolute Gasteiger partial charge is 0.393 e. The van der Waals surface area contributed by atoms with Crippen molar-refractivity contribution in [2.24, 2.45) is 11.1 Å². The summed E-state index contributed by atoms with van der Waals surface area (Å²) in [6.07, 6.45) is 2.14. The molecule has 1 rings (SSSR count). The van der Waals surface area contributed by atoms with Crippen molar-refractivity contribution in [3.05, 3.63) is 34.3 Å². The van der Waals surface area contributed by atoms with Crippen LogP contribution in [0, 0.1) is 5.41 Å². The smallest absolute Gasteiger partial charge is 0.0784 e. The van der Waals surface area contributed by atoms with E-state index >= 15 is 0 Å². The number of rotatable bonds is 7. The predicted molar refractivity (Wildman–Crippen MR) is 90.3 cm³/mol. The van der Waals surface area contributed by atoms with Crippen LogP contribution >= 0.6 is 28.1 Å². The third-order valence-corrected chi connectivity index (χ3v) is 4.46. The second-order valence-electron chi connectivity index (χ2n) is 5.72. The Kier molecular flexibility index (Phi) is 6.43. The summed E-state index contributed by atoms with van der Waals surface area (Å²) in [4.78, 5) is 2.95. The van der Waals surface area contributed by atoms with Crippen molar-refractivity contribution >= 4 is 33.1 Å². The fraction of sp³-hybridized carbons (Fsp3) is 0.533. The molecular weight excluding hydrogens is 320 g/mol. The molecule has 0 aliphatic carbocycles. The van der Waals surface area contributed by atoms with Gasteiger partial charge < -0.3 is 10.6 Å². The summed E-state index contributed by atoms with van der Waals surface area (Å²) in [5.41, 5.74) is 7.04. The predicted octanol–water partition coefficient (Wildman–Crippen LogP) is 3.97. The zero-order valence-electron chi connectivity index (χ0n) is 11.9. The molecule has 0 radical (unpaired) electrons. The van der Waals surface area contributed by atoms with Crippen molar-refractivity contribution in [1.82, 2.24) is 4.90 Å². The topological polar surface area (TPSA) is 29.3 Å². The minimum Gasteiger partial charge on any atom is -0.393 e. The Balaban J connectivity index is 2.34. The van der Waals surface area contributed by atoms with E-state index in [1.165, 1.54) is 5.56 Å². The number of benzene rings is 1. The van der Waals surface area contributed by atoms with Crippen molar-refractivity contribution in [2.45, 2.75) is 33.2 Å². The second-order valence-corrected chi connectivity index (χ2v) is 7.07. The van der Waals surface area contributed by atoms with Crippen LogP contribution in [0.2, 0.25) is 0 Å². The summed E-state index contributed by atoms with van der Waals surface area (Å²) in [7, 11) is 2.15. The summed E-state index contributed by atoms with van der Waals surface area (Å²) in [6.45, 7) is 6.26. The van der Waals surface area contributed by atoms with Gasteiger partial charge in [0, 0.05) is 16.4 Å². The van der Waals surface area contributed by atoms with Crippen LogP contribution in [-0.4, -0.2) is 23.5 Å². The van der Waals surface area contributed by atoms with Gasteiger partial charge >= 0.3 is 0 Å². The number of nitrogens with two attached hydrogens (primary N) is 1. The Morgan fingerprint density at radius 3 is 2.42 bits per heavy atom. The van der Waals surface area contributed by atoms with Crippen molar-refractivity contribution < 1.29 is 0 Å². The van der Waals surface area contributed by atoms with Crippen LogP contribution in [0.4, 0.5) is 0 Å². The van der Waals surface area contributed by atoms with E-state index in [4.69, 9.17) is 18.0 Å². The molecule has 0 saturated heterocycles. The summed E-state index contributed by atoms with van der Waals surface area (Å²) >= 11 is 8.54. The van der Waals surface area contributed by atoms with Crippen molar-refractivity contribution in [2.75, 3.05) is 13.6 Å². The average molecular weight is 343 g/mol. The van der Waals surface area contributed by atoms with Gasteiger partial charge in [-0.2, -0.15) is 0 Å². The summed E-state index contributed by atoms with van der Waals surface area (Å²) < 4.78 is 1.12. The lowest BCUT2D eigenvalue weighted by Gasteiger charge is -2.24. The molecule has 0 aromatic heterocycles. The van der Waals surface area contributed by atoms with E-state index in [-0.39, 0.29) is 5.41 Å². The Labute approximate surface area is 130 Å². The van der Waals surface area contributed by atoms with Crippen LogP contribution in [0.25, 0.3) is 0 Å². The minimum atomic E-state index is -0.0339. The number of halogens is 1. The molecule has 0 amide bonds. The first kappa shape index (κ1) is 16.6. The third-order valence-electron chi connectivity index (χ3n) is 3.37. The van der Waals surface area contributed by atoms with Gasteiger partial charge in [-0.15, -0.1) is 0 Å². The monoisotopic (exact) mass is 342 g/mol. The quantitative estimate of drug-likeness (QED) is 0.760. The molecule has 1 aromatic carbocycles. The highest BCUT2D eigenvalue weighted by Gasteiger charge is 2.20. The van der Waals surface area contributed by atoms with Gasteiger partial charge in [0.1, 0.15) is 0 Å². The zero-order chi connectivity index (χ0) is 14.5. The van der Waals surface area contributed by atoms with E-state index in [1.807, 2.05) is 0 Å². The van der Waals surface area contributed by atoms with E-state index in [1.54, 1.807) is 0 Å². The highest BCUT2D eigenvalue weighted by Crippen LogP contribution is 2.22. The van der Waals surface area contributed by atoms with E-state index in [2.05, 4.69) is 66.0 Å². The first-order chi connectivity index (χ1) is 8.81. The molecule has 0 aliphatic rings. The molecule has 106 valence electrons. The van der Waals surface area contributed by atoms with Gasteiger partial charge in [0.05, 0.1) is 4.99 Å². The van der Waals surface area contributed by atoms with Gasteiger partial charge in [-0.25, -0.2) is 0 Å². The SMILES string of the molecule is CN(CCCC(C)(C)C(N)=S)Cc1ccc(Br)cc1. The molecule has 0 spiro atoms. The molecule has 2 nitrogen and oxygen atoms in total. The van der Waals surface area contributed by atoms with Crippen LogP contribution in [0.15, 0.2) is 28.7 Å². The van der Waals surface area contributed by atoms with E-state index in [0.29, 0.717) is 4.99 Å². The Morgan fingerprint density at radius 2 is 1.89 bits per heavy atom. The molecular formula is C15H23BrN2S. The highest BCUT2D eigenvalue weighted by atomic mass is 79.9. The van der Waals surface area contributed by atoms with Gasteiger partial charge in [-0.05, 0) is 44.1 Å². The van der Waals surface area contributed by atoms with E-state index in [0.717, 1.165) is 30.4 Å². The lowest BCUT2D eigenvalue weighted by Crippen LogP contribution is -2.30. The lowest BCUT2D eigenvalue weighted by molar-refractivity contribution is 0.301. The Morgan fingerprint density at radius 1 is 1.32 bits per heavy atom. The maximum Gasteiger partial charge on any atom is 0.0784 e. The van der Waals surface area contributed by atoms with E-state index < -0.39 is 0 Å². The number of hydrogen-bond donors (Lipinski definition) is 1. The van der Waals surface area contributed by atoms with Crippen LogP contribution in [-0.2, 0) is 6.54 Å². The van der Waals surface area contributed by atoms with Crippen molar-refractivity contribution in [1.29, 1.82) is 0 Å². The number of nitrogens with zero attached hydrogens (tertiary/aromatic N) is 1. The molecule has 0 atom stereocenters. The Bertz CT molecular complexity index is 415. The first-order valence-electron chi connectivity index (χ1n) is 6.54. The maximum atomic E-state index is 5.74. The molecule has 19 heavy (non-hydrogen) atoms. The number of thiocarbonyl (C=S) groups is 1. The molecule has 0 aliphatic heterocycles. The Hall–Kier alpha value is -0.450. The van der Waals surface area contributed by atoms with Crippen LogP contribution in [0.1, 0.15) is 32.3 Å². The second kappa shape index (κ2) is 7.36. The van der Waals surface area contributed by atoms with E-state index in [9.17, 15) is 0 Å². The lowest BCUT2D eigenvalue weighted by atomic mass is 9.88. The fourth-order valence-electron chi connectivity index (χ4n) is 1.89. The molecule has 1 aromatic rings.